The molecular weight excluding hydrogens is 276 g/mol. The van der Waals surface area contributed by atoms with Crippen molar-refractivity contribution in [2.45, 2.75) is 5.92 Å². The first kappa shape index (κ1) is 12.8. The largest absolute Gasteiger partial charge is 0.492 e. The molecule has 0 aromatic heterocycles. The van der Waals surface area contributed by atoms with Crippen molar-refractivity contribution in [1.29, 1.82) is 0 Å². The molecule has 1 aliphatic heterocycles. The van der Waals surface area contributed by atoms with Gasteiger partial charge in [-0.25, -0.2) is 0 Å². The predicted molar refractivity (Wildman–Crippen MR) is 79.2 cm³/mol. The molecule has 1 amide bonds. The Morgan fingerprint density at radius 2 is 2.10 bits per heavy atom. The van der Waals surface area contributed by atoms with Crippen LogP contribution in [-0.2, 0) is 4.79 Å². The molecule has 0 aliphatic carbocycles. The van der Waals surface area contributed by atoms with E-state index in [4.69, 9.17) is 22.1 Å². The highest BCUT2D eigenvalue weighted by molar-refractivity contribution is 6.31. The number of nitrogens with two attached hydrogens (primary N) is 1. The average Bonchev–Trinajstić information content (AvgIpc) is 2.87. The Balaban J connectivity index is 1.83. The zero-order valence-corrected chi connectivity index (χ0v) is 11.4. The quantitative estimate of drug-likeness (QED) is 0.835. The standard InChI is InChI=1S/C15H13ClN2O2/c16-9-5-6-12(17)13(7-9)18-15(19)11-8-20-14-4-2-1-3-10(11)14/h1-7,11H,8,17H2,(H,18,19). The monoisotopic (exact) mass is 288 g/mol. The summed E-state index contributed by atoms with van der Waals surface area (Å²) in [5, 5.41) is 3.33. The van der Waals surface area contributed by atoms with Crippen LogP contribution in [0.5, 0.6) is 5.75 Å². The summed E-state index contributed by atoms with van der Waals surface area (Å²) in [6.07, 6.45) is 0. The molecule has 4 nitrogen and oxygen atoms in total. The summed E-state index contributed by atoms with van der Waals surface area (Å²) < 4.78 is 5.51. The fraction of sp³-hybridized carbons (Fsp3) is 0.133. The maximum Gasteiger partial charge on any atom is 0.235 e. The maximum atomic E-state index is 12.4. The SMILES string of the molecule is Nc1ccc(Cl)cc1NC(=O)C1COc2ccccc21. The van der Waals surface area contributed by atoms with Crippen molar-refractivity contribution in [1.82, 2.24) is 0 Å². The Morgan fingerprint density at radius 3 is 2.95 bits per heavy atom. The third kappa shape index (κ3) is 2.30. The summed E-state index contributed by atoms with van der Waals surface area (Å²) in [4.78, 5) is 12.4. The van der Waals surface area contributed by atoms with E-state index in [1.807, 2.05) is 24.3 Å². The van der Waals surface area contributed by atoms with Crippen LogP contribution in [-0.4, -0.2) is 12.5 Å². The highest BCUT2D eigenvalue weighted by Crippen LogP contribution is 2.34. The number of nitrogens with one attached hydrogen (secondary N) is 1. The number of nitrogen functional groups attached to an aromatic ring is 1. The third-order valence-electron chi connectivity index (χ3n) is 3.29. The third-order valence-corrected chi connectivity index (χ3v) is 3.52. The molecule has 1 unspecified atom stereocenters. The van der Waals surface area contributed by atoms with Crippen LogP contribution in [0, 0.1) is 0 Å². The summed E-state index contributed by atoms with van der Waals surface area (Å²) in [6.45, 7) is 0.339. The first-order valence-corrected chi connectivity index (χ1v) is 6.60. The number of halogens is 1. The van der Waals surface area contributed by atoms with Gasteiger partial charge in [0.05, 0.1) is 11.4 Å². The van der Waals surface area contributed by atoms with Crippen LogP contribution in [0.2, 0.25) is 5.02 Å². The molecule has 102 valence electrons. The Labute approximate surface area is 121 Å². The lowest BCUT2D eigenvalue weighted by molar-refractivity contribution is -0.117. The van der Waals surface area contributed by atoms with E-state index in [-0.39, 0.29) is 11.8 Å². The van der Waals surface area contributed by atoms with E-state index in [9.17, 15) is 4.79 Å². The highest BCUT2D eigenvalue weighted by atomic mass is 35.5. The van der Waals surface area contributed by atoms with Crippen molar-refractivity contribution in [3.8, 4) is 5.75 Å². The molecule has 1 heterocycles. The number of para-hydroxylation sites is 1. The van der Waals surface area contributed by atoms with Gasteiger partial charge in [-0.3, -0.25) is 4.79 Å². The lowest BCUT2D eigenvalue weighted by Gasteiger charge is -2.12. The number of anilines is 2. The van der Waals surface area contributed by atoms with E-state index in [0.29, 0.717) is 23.0 Å². The van der Waals surface area contributed by atoms with Crippen molar-refractivity contribution in [2.24, 2.45) is 0 Å². The van der Waals surface area contributed by atoms with Gasteiger partial charge in [-0.05, 0) is 24.3 Å². The number of carbonyl (C=O) groups is 1. The van der Waals surface area contributed by atoms with Crippen LogP contribution in [0.1, 0.15) is 11.5 Å². The number of amides is 1. The van der Waals surface area contributed by atoms with Gasteiger partial charge in [0.1, 0.15) is 18.3 Å². The second-order valence-electron chi connectivity index (χ2n) is 4.62. The molecule has 0 fully saturated rings. The van der Waals surface area contributed by atoms with Crippen molar-refractivity contribution < 1.29 is 9.53 Å². The molecule has 3 N–H and O–H groups in total. The number of rotatable bonds is 2. The second-order valence-corrected chi connectivity index (χ2v) is 5.06. The van der Waals surface area contributed by atoms with Gasteiger partial charge in [-0.2, -0.15) is 0 Å². The molecule has 1 aliphatic rings. The summed E-state index contributed by atoms with van der Waals surface area (Å²) in [6, 6.07) is 12.5. The van der Waals surface area contributed by atoms with Crippen LogP contribution in [0.25, 0.3) is 0 Å². The van der Waals surface area contributed by atoms with Gasteiger partial charge in [-0.1, -0.05) is 29.8 Å². The molecule has 0 saturated carbocycles. The molecule has 0 bridgehead atoms. The molecule has 3 rings (SSSR count). The van der Waals surface area contributed by atoms with Gasteiger partial charge in [0, 0.05) is 10.6 Å². The number of carbonyl (C=O) groups excluding carboxylic acids is 1. The number of benzene rings is 2. The highest BCUT2D eigenvalue weighted by Gasteiger charge is 2.30. The molecular formula is C15H13ClN2O2. The van der Waals surface area contributed by atoms with Gasteiger partial charge in [0.2, 0.25) is 5.91 Å². The van der Waals surface area contributed by atoms with Gasteiger partial charge in [0.15, 0.2) is 0 Å². The first-order valence-electron chi connectivity index (χ1n) is 6.23. The molecule has 2 aromatic carbocycles. The van der Waals surface area contributed by atoms with E-state index in [1.165, 1.54) is 0 Å². The number of ether oxygens (including phenoxy) is 1. The van der Waals surface area contributed by atoms with Crippen molar-refractivity contribution in [3.05, 3.63) is 53.1 Å². The summed E-state index contributed by atoms with van der Waals surface area (Å²) in [5.41, 5.74) is 7.72. The van der Waals surface area contributed by atoms with E-state index in [1.54, 1.807) is 18.2 Å². The fourth-order valence-electron chi connectivity index (χ4n) is 2.24. The Kier molecular flexibility index (Phi) is 3.24. The molecule has 0 radical (unpaired) electrons. The lowest BCUT2D eigenvalue weighted by Crippen LogP contribution is -2.22. The van der Waals surface area contributed by atoms with E-state index in [0.717, 1.165) is 11.3 Å². The molecule has 2 aromatic rings. The number of hydrogen-bond donors (Lipinski definition) is 2. The normalized spacial score (nSPS) is 16.4. The molecule has 5 heteroatoms. The Bertz CT molecular complexity index is 673. The minimum atomic E-state index is -0.329. The van der Waals surface area contributed by atoms with Gasteiger partial charge in [-0.15, -0.1) is 0 Å². The van der Waals surface area contributed by atoms with E-state index >= 15 is 0 Å². The van der Waals surface area contributed by atoms with Crippen LogP contribution in [0.15, 0.2) is 42.5 Å². The first-order chi connectivity index (χ1) is 9.65. The minimum absolute atomic E-state index is 0.149. The molecule has 0 saturated heterocycles. The average molecular weight is 289 g/mol. The van der Waals surface area contributed by atoms with Gasteiger partial charge < -0.3 is 15.8 Å². The van der Waals surface area contributed by atoms with Crippen LogP contribution < -0.4 is 15.8 Å². The van der Waals surface area contributed by atoms with E-state index < -0.39 is 0 Å². The van der Waals surface area contributed by atoms with Crippen molar-refractivity contribution >= 4 is 28.9 Å². The molecule has 20 heavy (non-hydrogen) atoms. The summed E-state index contributed by atoms with van der Waals surface area (Å²) >= 11 is 5.91. The van der Waals surface area contributed by atoms with Crippen LogP contribution in [0.3, 0.4) is 0 Å². The van der Waals surface area contributed by atoms with Gasteiger partial charge >= 0.3 is 0 Å². The maximum absolute atomic E-state index is 12.4. The fourth-order valence-corrected chi connectivity index (χ4v) is 2.41. The van der Waals surface area contributed by atoms with Crippen LogP contribution in [0.4, 0.5) is 11.4 Å². The smallest absolute Gasteiger partial charge is 0.235 e. The Morgan fingerprint density at radius 1 is 1.30 bits per heavy atom. The lowest BCUT2D eigenvalue weighted by atomic mass is 10.0. The van der Waals surface area contributed by atoms with Crippen molar-refractivity contribution in [3.63, 3.8) is 0 Å². The van der Waals surface area contributed by atoms with E-state index in [2.05, 4.69) is 5.32 Å². The van der Waals surface area contributed by atoms with Crippen LogP contribution >= 0.6 is 11.6 Å². The number of fused-ring (bicyclic) bond motifs is 1. The zero-order valence-electron chi connectivity index (χ0n) is 10.6. The van der Waals surface area contributed by atoms with Crippen molar-refractivity contribution in [2.75, 3.05) is 17.7 Å². The molecule has 1 atom stereocenters. The minimum Gasteiger partial charge on any atom is -0.492 e. The van der Waals surface area contributed by atoms with Gasteiger partial charge in [0.25, 0.3) is 0 Å². The molecule has 0 spiro atoms. The second kappa shape index (κ2) is 5.06. The topological polar surface area (TPSA) is 64.3 Å². The predicted octanol–water partition coefficient (Wildman–Crippen LogP) is 3.04. The summed E-state index contributed by atoms with van der Waals surface area (Å²) in [5.74, 6) is 0.278. The summed E-state index contributed by atoms with van der Waals surface area (Å²) in [7, 11) is 0. The Hall–Kier alpha value is -2.20. The number of hydrogen-bond acceptors (Lipinski definition) is 3. The zero-order chi connectivity index (χ0) is 14.1.